The number of ether oxygens (including phenoxy) is 11. The highest BCUT2D eigenvalue weighted by molar-refractivity contribution is 5.73. The van der Waals surface area contributed by atoms with Crippen molar-refractivity contribution >= 4 is 11.8 Å². The van der Waals surface area contributed by atoms with Crippen molar-refractivity contribution in [2.24, 2.45) is 0 Å². The van der Waals surface area contributed by atoms with Crippen LogP contribution in [0.15, 0.2) is 0 Å². The van der Waals surface area contributed by atoms with E-state index in [-0.39, 0.29) is 0 Å². The molecule has 0 aromatic rings. The van der Waals surface area contributed by atoms with Gasteiger partial charge in [0.1, 0.15) is 146 Å². The molecule has 6 rings (SSSR count). The number of rotatable bonds is 18. The Morgan fingerprint density at radius 2 is 0.658 bits per heavy atom. The van der Waals surface area contributed by atoms with Crippen LogP contribution in [0.2, 0.25) is 0 Å². The number of aliphatic hydroxyl groups is 18. The van der Waals surface area contributed by atoms with Crippen LogP contribution < -0.4 is 10.6 Å². The molecule has 0 aliphatic carbocycles. The predicted octanol–water partition coefficient (Wildman–Crippen LogP) is -13.8. The lowest BCUT2D eigenvalue weighted by Gasteiger charge is -2.51. The zero-order chi connectivity index (χ0) is 53.9. The Kier molecular flexibility index (Phi) is 21.3. The molecule has 0 unspecified atom stereocenters. The third-order valence-electron chi connectivity index (χ3n) is 13.2. The van der Waals surface area contributed by atoms with E-state index in [2.05, 4.69) is 10.6 Å². The standard InChI is InChI=1S/C40H68N2O31/c1-9(49)41-17-23(55)30(16(8-48)68-36(17)72-33-21(53)13(5-45)67-40(28(33)60)70-31-15(7-47)63-35(62)26(58)25(31)57)69-39-29(61)34(22(54)14(6-46)66-39)73-37-18(42-10(2)50)32(20(52)12(4-44)64-37)71-38-27(59)24(56)19(51)11(3-43)65-38/h11-40,43-48,51-62H,3-8H2,1-2H3,(H,41,49)(H,42,50)/t11-,12-,13-,14-,15-,16-,17-,18-,19+,20-,21+,22+,23-,24+,25-,26-,27-,28-,29-,30-,31-,32-,33+,34+,35-,36-,37-,38-,39+,40+/m1/s1. The fraction of sp³-hybridized carbons (Fsp3) is 0.950. The smallest absolute Gasteiger partial charge is 0.217 e. The van der Waals surface area contributed by atoms with Gasteiger partial charge in [-0.3, -0.25) is 9.59 Å². The van der Waals surface area contributed by atoms with Gasteiger partial charge in [-0.1, -0.05) is 0 Å². The van der Waals surface area contributed by atoms with Crippen LogP contribution >= 0.6 is 0 Å². The number of carbonyl (C=O) groups excluding carboxylic acids is 2. The summed E-state index contributed by atoms with van der Waals surface area (Å²) in [4.78, 5) is 25.2. The zero-order valence-electron chi connectivity index (χ0n) is 38.9. The van der Waals surface area contributed by atoms with Crippen molar-refractivity contribution in [3.05, 3.63) is 0 Å². The van der Waals surface area contributed by atoms with Crippen LogP contribution in [-0.4, -0.2) is 327 Å². The minimum absolute atomic E-state index is 0.839. The lowest BCUT2D eigenvalue weighted by molar-refractivity contribution is -0.386. The molecule has 6 heterocycles. The van der Waals surface area contributed by atoms with Gasteiger partial charge < -0.3 is 155 Å². The molecule has 2 amide bonds. The molecule has 30 atom stereocenters. The summed E-state index contributed by atoms with van der Waals surface area (Å²) in [5.74, 6) is -1.70. The highest BCUT2D eigenvalue weighted by Crippen LogP contribution is 2.37. The number of hydrogen-bond acceptors (Lipinski definition) is 31. The van der Waals surface area contributed by atoms with Crippen molar-refractivity contribution in [1.82, 2.24) is 10.6 Å². The van der Waals surface area contributed by atoms with Crippen molar-refractivity contribution in [1.29, 1.82) is 0 Å². The average molecular weight is 1070 g/mol. The molecule has 0 bridgehead atoms. The third kappa shape index (κ3) is 12.9. The first kappa shape index (κ1) is 60.0. The van der Waals surface area contributed by atoms with Crippen LogP contribution in [0.1, 0.15) is 13.8 Å². The summed E-state index contributed by atoms with van der Waals surface area (Å²) in [6.07, 6.45) is -53.3. The van der Waals surface area contributed by atoms with Crippen molar-refractivity contribution in [2.75, 3.05) is 39.6 Å². The van der Waals surface area contributed by atoms with Gasteiger partial charge in [0.25, 0.3) is 0 Å². The lowest BCUT2D eigenvalue weighted by atomic mass is 9.93. The van der Waals surface area contributed by atoms with E-state index in [9.17, 15) is 102 Å². The molecule has 33 heteroatoms. The topological polar surface area (TPSA) is 524 Å². The summed E-state index contributed by atoms with van der Waals surface area (Å²) in [6, 6.07) is -3.53. The highest BCUT2D eigenvalue weighted by Gasteiger charge is 2.58. The quantitative estimate of drug-likeness (QED) is 0.0606. The fourth-order valence-corrected chi connectivity index (χ4v) is 9.32. The summed E-state index contributed by atoms with van der Waals surface area (Å²) >= 11 is 0. The Morgan fingerprint density at radius 1 is 0.329 bits per heavy atom. The first-order chi connectivity index (χ1) is 34.5. The number of nitrogens with one attached hydrogen (secondary N) is 2. The minimum atomic E-state index is -2.23. The van der Waals surface area contributed by atoms with E-state index in [4.69, 9.17) is 52.1 Å². The van der Waals surface area contributed by atoms with E-state index in [0.717, 1.165) is 13.8 Å². The van der Waals surface area contributed by atoms with Crippen molar-refractivity contribution in [3.63, 3.8) is 0 Å². The van der Waals surface area contributed by atoms with Gasteiger partial charge in [-0.05, 0) is 0 Å². The average Bonchev–Trinajstić information content (AvgIpc) is 3.35. The van der Waals surface area contributed by atoms with Crippen molar-refractivity contribution in [3.8, 4) is 0 Å². The Bertz CT molecular complexity index is 1750. The summed E-state index contributed by atoms with van der Waals surface area (Å²) < 4.78 is 62.6. The maximum Gasteiger partial charge on any atom is 0.217 e. The van der Waals surface area contributed by atoms with Crippen LogP contribution in [0.5, 0.6) is 0 Å². The molecule has 0 aromatic carbocycles. The molecule has 0 spiro atoms. The van der Waals surface area contributed by atoms with Gasteiger partial charge in [0, 0.05) is 13.8 Å². The maximum absolute atomic E-state index is 12.6. The Hall–Kier alpha value is -2.22. The second-order valence-electron chi connectivity index (χ2n) is 18.2. The Balaban J connectivity index is 1.23. The normalized spacial score (nSPS) is 49.8. The minimum Gasteiger partial charge on any atom is -0.394 e. The van der Waals surface area contributed by atoms with E-state index < -0.39 is 236 Å². The molecule has 6 fully saturated rings. The fourth-order valence-electron chi connectivity index (χ4n) is 9.32. The molecular formula is C40H68N2O31. The summed E-state index contributed by atoms with van der Waals surface area (Å²) in [5, 5.41) is 196. The Labute approximate surface area is 413 Å². The monoisotopic (exact) mass is 1070 g/mol. The summed E-state index contributed by atoms with van der Waals surface area (Å²) in [6.45, 7) is -3.84. The maximum atomic E-state index is 12.6. The number of hydrogen-bond donors (Lipinski definition) is 20. The number of amides is 2. The van der Waals surface area contributed by atoms with Crippen molar-refractivity contribution in [2.45, 2.75) is 198 Å². The van der Waals surface area contributed by atoms with Gasteiger partial charge in [0.2, 0.25) is 11.8 Å². The highest BCUT2D eigenvalue weighted by atomic mass is 16.8. The zero-order valence-corrected chi connectivity index (χ0v) is 38.9. The largest absolute Gasteiger partial charge is 0.394 e. The number of carbonyl (C=O) groups is 2. The van der Waals surface area contributed by atoms with E-state index >= 15 is 0 Å². The van der Waals surface area contributed by atoms with Crippen LogP contribution in [-0.2, 0) is 61.7 Å². The molecule has 6 saturated heterocycles. The van der Waals surface area contributed by atoms with Gasteiger partial charge in [-0.25, -0.2) is 0 Å². The van der Waals surface area contributed by atoms with Gasteiger partial charge in [0.05, 0.1) is 39.6 Å². The van der Waals surface area contributed by atoms with Crippen LogP contribution in [0, 0.1) is 0 Å². The van der Waals surface area contributed by atoms with Gasteiger partial charge in [0.15, 0.2) is 37.7 Å². The SMILES string of the molecule is CC(=O)N[C@H]1[C@@H](O[C@H]2[C@@H](O)[C@@H](CO)O[C@@H](O[C@H]3[C@H](O)[C@@H](O)[C@H](O)O[C@@H]3CO)[C@@H]2O)O[C@H](CO)[C@@H](O[C@@H]2O[C@H](CO)[C@H](O)[C@H](O[C@H]3O[C@H](CO)[C@@H](O)[C@H](O[C@H]4O[C@H](CO)[C@H](O)[C@H](O)[C@H]4O)[C@H]3NC(C)=O)[C@H]2O)[C@@H]1O. The molecule has 0 saturated carbocycles. The van der Waals surface area contributed by atoms with E-state index in [1.165, 1.54) is 0 Å². The molecule has 424 valence electrons. The van der Waals surface area contributed by atoms with E-state index in [0.29, 0.717) is 0 Å². The molecule has 73 heavy (non-hydrogen) atoms. The summed E-state index contributed by atoms with van der Waals surface area (Å²) in [5.41, 5.74) is 0. The second-order valence-corrected chi connectivity index (χ2v) is 18.2. The van der Waals surface area contributed by atoms with E-state index in [1.807, 2.05) is 0 Å². The summed E-state index contributed by atoms with van der Waals surface area (Å²) in [7, 11) is 0. The molecule has 6 aliphatic rings. The van der Waals surface area contributed by atoms with Crippen LogP contribution in [0.4, 0.5) is 0 Å². The van der Waals surface area contributed by atoms with Crippen LogP contribution in [0.25, 0.3) is 0 Å². The molecule has 0 aromatic heterocycles. The first-order valence-corrected chi connectivity index (χ1v) is 23.1. The predicted molar refractivity (Wildman–Crippen MR) is 222 cm³/mol. The molecule has 0 radical (unpaired) electrons. The third-order valence-corrected chi connectivity index (χ3v) is 13.2. The Morgan fingerprint density at radius 3 is 1.11 bits per heavy atom. The lowest BCUT2D eigenvalue weighted by Crippen LogP contribution is -2.71. The van der Waals surface area contributed by atoms with Crippen LogP contribution in [0.3, 0.4) is 0 Å². The van der Waals surface area contributed by atoms with Gasteiger partial charge in [-0.2, -0.15) is 0 Å². The molecular weight excluding hydrogens is 1000 g/mol. The second kappa shape index (κ2) is 26.0. The molecule has 6 aliphatic heterocycles. The van der Waals surface area contributed by atoms with Gasteiger partial charge in [-0.15, -0.1) is 0 Å². The number of aliphatic hydroxyl groups excluding tert-OH is 18. The molecule has 33 nitrogen and oxygen atoms in total. The molecule has 20 N–H and O–H groups in total. The van der Waals surface area contributed by atoms with Gasteiger partial charge >= 0.3 is 0 Å². The van der Waals surface area contributed by atoms with E-state index in [1.54, 1.807) is 0 Å². The van der Waals surface area contributed by atoms with Crippen molar-refractivity contribution < 1.29 is 154 Å². The first-order valence-electron chi connectivity index (χ1n) is 23.1.